The first-order valence-corrected chi connectivity index (χ1v) is 4.25. The maximum Gasteiger partial charge on any atom is 0.105 e. The first-order chi connectivity index (χ1) is 4.47. The molecule has 1 heteroatoms. The molecule has 0 fully saturated rings. The third-order valence-electron chi connectivity index (χ3n) is 1.47. The smallest absolute Gasteiger partial charge is 0.0920 e. The average molecular weight is 157 g/mol. The second-order valence-corrected chi connectivity index (χ2v) is 3.73. The van der Waals surface area contributed by atoms with Crippen molar-refractivity contribution < 1.29 is 0 Å². The maximum atomic E-state index is 2.24. The van der Waals surface area contributed by atoms with Gasteiger partial charge in [0.05, 0.1) is 0 Å². The van der Waals surface area contributed by atoms with Crippen molar-refractivity contribution in [3.8, 4) is 0 Å². The molecule has 0 amide bonds. The van der Waals surface area contributed by atoms with Crippen LogP contribution >= 0.6 is 0 Å². The van der Waals surface area contributed by atoms with Gasteiger partial charge in [-0.25, -0.2) is 0 Å². The molecule has 0 aromatic rings. The van der Waals surface area contributed by atoms with E-state index in [-0.39, 0.29) is 7.43 Å². The van der Waals surface area contributed by atoms with E-state index >= 15 is 0 Å². The number of hydrogen-bond donors (Lipinski definition) is 0. The van der Waals surface area contributed by atoms with Crippen LogP contribution in [0.5, 0.6) is 0 Å². The van der Waals surface area contributed by atoms with Gasteiger partial charge < -0.3 is 0 Å². The Morgan fingerprint density at radius 3 is 1.27 bits per heavy atom. The second-order valence-electron chi connectivity index (χ2n) is 3.73. The molecule has 0 unspecified atom stereocenters. The fraction of sp³-hybridized carbons (Fsp3) is 1.00. The molecule has 0 saturated carbocycles. The van der Waals surface area contributed by atoms with Crippen LogP contribution in [0, 0.1) is 5.41 Å². The minimum Gasteiger partial charge on any atom is -0.0920 e. The van der Waals surface area contributed by atoms with Crippen LogP contribution in [0.1, 0.15) is 48.5 Å². The van der Waals surface area contributed by atoms with Crippen LogP contribution in [0.4, 0.5) is 0 Å². The van der Waals surface area contributed by atoms with Gasteiger partial charge in [-0.3, -0.25) is 0 Å². The Bertz CT molecular complexity index is 50.4. The molecular weight excluding hydrogens is 131 g/mol. The Morgan fingerprint density at radius 1 is 1.09 bits per heavy atom. The van der Waals surface area contributed by atoms with Gasteiger partial charge in [-0.05, 0) is 5.41 Å². The molecule has 1 radical (unpaired) electrons. The lowest BCUT2D eigenvalue weighted by atomic mass is 9.79. The van der Waals surface area contributed by atoms with Gasteiger partial charge >= 0.3 is 0 Å². The van der Waals surface area contributed by atoms with Crippen LogP contribution in [0.25, 0.3) is 0 Å². The molecule has 0 bridgehead atoms. The highest BCUT2D eigenvalue weighted by molar-refractivity contribution is 6.33. The van der Waals surface area contributed by atoms with E-state index < -0.39 is 0 Å². The molecule has 0 aromatic carbocycles. The molecular formula is C10H26B. The first-order valence-electron chi connectivity index (χ1n) is 4.25. The minimum absolute atomic E-state index is 0. The molecule has 0 aliphatic heterocycles. The van der Waals surface area contributed by atoms with Gasteiger partial charge in [-0.2, -0.15) is 0 Å². The Morgan fingerprint density at radius 2 is 1.27 bits per heavy atom. The second kappa shape index (κ2) is 10.1. The van der Waals surface area contributed by atoms with E-state index in [9.17, 15) is 0 Å². The third kappa shape index (κ3) is 39.6. The van der Waals surface area contributed by atoms with Crippen LogP contribution in [-0.2, 0) is 0 Å². The van der Waals surface area contributed by atoms with Crippen LogP contribution < -0.4 is 0 Å². The van der Waals surface area contributed by atoms with Crippen LogP contribution in [0.3, 0.4) is 0 Å². The van der Waals surface area contributed by atoms with Crippen LogP contribution in [0.2, 0.25) is 13.1 Å². The molecule has 0 saturated heterocycles. The topological polar surface area (TPSA) is 0 Å². The number of hydrogen-bond acceptors (Lipinski definition) is 0. The fourth-order valence-corrected chi connectivity index (χ4v) is 0. The van der Waals surface area contributed by atoms with Crippen LogP contribution in [-0.4, -0.2) is 7.28 Å². The normalized spacial score (nSPS) is 8.91. The van der Waals surface area contributed by atoms with Gasteiger partial charge in [0, 0.05) is 0 Å². The molecule has 0 nitrogen and oxygen atoms in total. The van der Waals surface area contributed by atoms with Crippen molar-refractivity contribution in [3.63, 3.8) is 0 Å². The Balaban J connectivity index is -0.000000114. The highest BCUT2D eigenvalue weighted by Gasteiger charge is 2.03. The third-order valence-corrected chi connectivity index (χ3v) is 1.47. The molecule has 69 valence electrons. The standard InChI is InChI=1S/C6H14.C3H8B.CH4/c1-5-6(2,3)4;1-3-4-2;/h5H2,1-4H3;3H2,1-2H3;1H4. The van der Waals surface area contributed by atoms with Crippen molar-refractivity contribution in [2.45, 2.75) is 61.6 Å². The van der Waals surface area contributed by atoms with E-state index in [1.807, 2.05) is 0 Å². The maximum absolute atomic E-state index is 2.24. The summed E-state index contributed by atoms with van der Waals surface area (Å²) in [5, 5.41) is 0. The van der Waals surface area contributed by atoms with Gasteiger partial charge in [-0.1, -0.05) is 61.6 Å². The number of rotatable bonds is 1. The lowest BCUT2D eigenvalue weighted by Crippen LogP contribution is -2.00. The van der Waals surface area contributed by atoms with Gasteiger partial charge in [0.25, 0.3) is 0 Å². The van der Waals surface area contributed by atoms with E-state index in [0.29, 0.717) is 5.41 Å². The molecule has 0 N–H and O–H groups in total. The summed E-state index contributed by atoms with van der Waals surface area (Å²) in [5.74, 6) is 0. The first kappa shape index (κ1) is 17.2. The zero-order valence-corrected chi connectivity index (χ0v) is 8.49. The Kier molecular flexibility index (Phi) is 15.8. The molecule has 0 aliphatic rings. The van der Waals surface area contributed by atoms with E-state index in [2.05, 4.69) is 48.7 Å². The van der Waals surface area contributed by atoms with Gasteiger partial charge in [0.15, 0.2) is 0 Å². The Labute approximate surface area is 75.0 Å². The summed E-state index contributed by atoms with van der Waals surface area (Å²) in [6, 6.07) is 0. The predicted octanol–water partition coefficient (Wildman–Crippen LogP) is 4.26. The molecule has 0 aromatic heterocycles. The Hall–Kier alpha value is 0.0649. The summed E-state index contributed by atoms with van der Waals surface area (Å²) < 4.78 is 0. The van der Waals surface area contributed by atoms with E-state index in [4.69, 9.17) is 0 Å². The molecule has 0 heterocycles. The van der Waals surface area contributed by atoms with Crippen molar-refractivity contribution in [3.05, 3.63) is 0 Å². The summed E-state index contributed by atoms with van der Waals surface area (Å²) in [7, 11) is 2.12. The molecule has 0 rings (SSSR count). The summed E-state index contributed by atoms with van der Waals surface area (Å²) in [5.41, 5.74) is 0.542. The highest BCUT2D eigenvalue weighted by Crippen LogP contribution is 2.16. The highest BCUT2D eigenvalue weighted by atomic mass is 14.1. The van der Waals surface area contributed by atoms with Gasteiger partial charge in [0.1, 0.15) is 7.28 Å². The van der Waals surface area contributed by atoms with Crippen molar-refractivity contribution in [2.75, 3.05) is 0 Å². The van der Waals surface area contributed by atoms with Gasteiger partial charge in [-0.15, -0.1) is 0 Å². The fourth-order valence-electron chi connectivity index (χ4n) is 0. The monoisotopic (exact) mass is 157 g/mol. The van der Waals surface area contributed by atoms with E-state index in [1.54, 1.807) is 0 Å². The summed E-state index contributed by atoms with van der Waals surface area (Å²) in [6.45, 7) is 13.1. The summed E-state index contributed by atoms with van der Waals surface area (Å²) >= 11 is 0. The SMILES string of the molecule is C.CCC(C)(C)C.C[B]CC. The molecule has 0 atom stereocenters. The summed E-state index contributed by atoms with van der Waals surface area (Å²) in [6.07, 6.45) is 2.47. The zero-order chi connectivity index (χ0) is 8.62. The van der Waals surface area contributed by atoms with Gasteiger partial charge in [0.2, 0.25) is 0 Å². The van der Waals surface area contributed by atoms with E-state index in [1.165, 1.54) is 12.7 Å². The van der Waals surface area contributed by atoms with Crippen molar-refractivity contribution >= 4 is 7.28 Å². The predicted molar refractivity (Wildman–Crippen MR) is 58.6 cm³/mol. The lowest BCUT2D eigenvalue weighted by Gasteiger charge is -2.12. The van der Waals surface area contributed by atoms with Crippen molar-refractivity contribution in [1.82, 2.24) is 0 Å². The quantitative estimate of drug-likeness (QED) is 0.499. The molecule has 0 aliphatic carbocycles. The van der Waals surface area contributed by atoms with E-state index in [0.717, 1.165) is 0 Å². The minimum atomic E-state index is 0. The van der Waals surface area contributed by atoms with Crippen LogP contribution in [0.15, 0.2) is 0 Å². The van der Waals surface area contributed by atoms with Crippen molar-refractivity contribution in [2.24, 2.45) is 5.41 Å². The molecule has 11 heavy (non-hydrogen) atoms. The summed E-state index contributed by atoms with van der Waals surface area (Å²) in [4.78, 5) is 0. The zero-order valence-electron chi connectivity index (χ0n) is 8.49. The largest absolute Gasteiger partial charge is 0.105 e. The lowest BCUT2D eigenvalue weighted by molar-refractivity contribution is 0.398. The molecule has 0 spiro atoms. The average Bonchev–Trinajstić information content (AvgIpc) is 1.87. The van der Waals surface area contributed by atoms with Crippen molar-refractivity contribution in [1.29, 1.82) is 0 Å².